The van der Waals surface area contributed by atoms with E-state index in [1.54, 1.807) is 0 Å². The zero-order valence-electron chi connectivity index (χ0n) is 13.9. The maximum absolute atomic E-state index is 4.60. The Kier molecular flexibility index (Phi) is 4.02. The Morgan fingerprint density at radius 2 is 1.73 bits per heavy atom. The first-order valence-corrected chi connectivity index (χ1v) is 8.12. The quantitative estimate of drug-likeness (QED) is 0.634. The maximum Gasteiger partial charge on any atom is 0.0744 e. The predicted octanol–water partition coefficient (Wildman–Crippen LogP) is 5.35. The molecule has 3 aromatic rings. The van der Waals surface area contributed by atoms with Crippen molar-refractivity contribution >= 4 is 10.9 Å². The summed E-state index contributed by atoms with van der Waals surface area (Å²) in [5.41, 5.74) is 5.22. The molecule has 2 aromatic carbocycles. The van der Waals surface area contributed by atoms with Gasteiger partial charge >= 0.3 is 0 Å². The monoisotopic (exact) mass is 292 g/mol. The smallest absolute Gasteiger partial charge is 0.0744 e. The number of rotatable bonds is 4. The number of nitrogens with zero attached hydrogens (tertiary/aromatic N) is 2. The van der Waals surface area contributed by atoms with Crippen LogP contribution in [0.2, 0.25) is 0 Å². The number of benzene rings is 2. The average Bonchev–Trinajstić information content (AvgIpc) is 2.89. The third-order valence-electron chi connectivity index (χ3n) is 4.08. The van der Waals surface area contributed by atoms with Crippen LogP contribution in [0.4, 0.5) is 0 Å². The fraction of sp³-hybridized carbons (Fsp3) is 0.350. The first-order valence-electron chi connectivity index (χ1n) is 8.12. The molecule has 0 radical (unpaired) electrons. The van der Waals surface area contributed by atoms with Crippen molar-refractivity contribution < 1.29 is 0 Å². The molecule has 0 aliphatic carbocycles. The molecule has 114 valence electrons. The summed E-state index contributed by atoms with van der Waals surface area (Å²) in [4.78, 5) is 0. The highest BCUT2D eigenvalue weighted by atomic mass is 15.3. The van der Waals surface area contributed by atoms with Crippen molar-refractivity contribution in [1.29, 1.82) is 0 Å². The van der Waals surface area contributed by atoms with Crippen molar-refractivity contribution in [3.63, 3.8) is 0 Å². The van der Waals surface area contributed by atoms with E-state index in [0.717, 1.165) is 12.1 Å². The summed E-state index contributed by atoms with van der Waals surface area (Å²) in [6, 6.07) is 15.0. The maximum atomic E-state index is 4.60. The van der Waals surface area contributed by atoms with Crippen LogP contribution in [0.3, 0.4) is 0 Å². The standard InChI is InChI=1S/C20H24N2/c1-14(2)10-16-12-20-17(11-19(16)15(3)4)13-21-22(20)18-8-6-5-7-9-18/h5-9,11-15H,10H2,1-4H3. The molecule has 0 N–H and O–H groups in total. The van der Waals surface area contributed by atoms with Gasteiger partial charge in [0.05, 0.1) is 17.4 Å². The lowest BCUT2D eigenvalue weighted by molar-refractivity contribution is 0.639. The van der Waals surface area contributed by atoms with Gasteiger partial charge in [-0.05, 0) is 53.6 Å². The molecule has 0 amide bonds. The number of hydrogen-bond acceptors (Lipinski definition) is 1. The summed E-state index contributed by atoms with van der Waals surface area (Å²) < 4.78 is 2.04. The zero-order chi connectivity index (χ0) is 15.7. The third kappa shape index (κ3) is 2.78. The highest BCUT2D eigenvalue weighted by Crippen LogP contribution is 2.28. The third-order valence-corrected chi connectivity index (χ3v) is 4.08. The van der Waals surface area contributed by atoms with Gasteiger partial charge in [0.1, 0.15) is 0 Å². The van der Waals surface area contributed by atoms with Crippen LogP contribution in [0.25, 0.3) is 16.6 Å². The van der Waals surface area contributed by atoms with Gasteiger partial charge in [0.25, 0.3) is 0 Å². The Morgan fingerprint density at radius 3 is 2.36 bits per heavy atom. The topological polar surface area (TPSA) is 17.8 Å². The van der Waals surface area contributed by atoms with Crippen molar-refractivity contribution in [2.75, 3.05) is 0 Å². The number of hydrogen-bond donors (Lipinski definition) is 0. The Labute approximate surface area is 132 Å². The lowest BCUT2D eigenvalue weighted by Gasteiger charge is -2.15. The fourth-order valence-corrected chi connectivity index (χ4v) is 3.06. The van der Waals surface area contributed by atoms with Crippen molar-refractivity contribution in [2.45, 2.75) is 40.0 Å². The molecule has 0 aliphatic rings. The SMILES string of the molecule is CC(C)Cc1cc2c(cnn2-c2ccccc2)cc1C(C)C. The number of para-hydroxylation sites is 1. The zero-order valence-corrected chi connectivity index (χ0v) is 13.9. The summed E-state index contributed by atoms with van der Waals surface area (Å²) in [7, 11) is 0. The van der Waals surface area contributed by atoms with Gasteiger partial charge < -0.3 is 0 Å². The molecule has 0 saturated heterocycles. The minimum absolute atomic E-state index is 0.540. The lowest BCUT2D eigenvalue weighted by Crippen LogP contribution is -2.02. The molecule has 2 nitrogen and oxygen atoms in total. The van der Waals surface area contributed by atoms with Crippen molar-refractivity contribution in [3.8, 4) is 5.69 Å². The van der Waals surface area contributed by atoms with E-state index in [4.69, 9.17) is 0 Å². The first kappa shape index (κ1) is 14.8. The normalized spacial score (nSPS) is 11.7. The summed E-state index contributed by atoms with van der Waals surface area (Å²) in [5.74, 6) is 1.20. The highest BCUT2D eigenvalue weighted by molar-refractivity contribution is 5.82. The van der Waals surface area contributed by atoms with E-state index in [1.807, 2.05) is 16.9 Å². The molecular formula is C20H24N2. The molecular weight excluding hydrogens is 268 g/mol. The molecule has 0 spiro atoms. The number of fused-ring (bicyclic) bond motifs is 1. The van der Waals surface area contributed by atoms with Gasteiger partial charge in [-0.2, -0.15) is 5.10 Å². The predicted molar refractivity (Wildman–Crippen MR) is 93.7 cm³/mol. The molecule has 0 aliphatic heterocycles. The second kappa shape index (κ2) is 5.96. The molecule has 1 heterocycles. The van der Waals surface area contributed by atoms with Crippen LogP contribution < -0.4 is 0 Å². The van der Waals surface area contributed by atoms with Crippen LogP contribution in [0.15, 0.2) is 48.7 Å². The molecule has 0 atom stereocenters. The van der Waals surface area contributed by atoms with Crippen LogP contribution in [-0.4, -0.2) is 9.78 Å². The summed E-state index contributed by atoms with van der Waals surface area (Å²) in [6.45, 7) is 9.10. The molecule has 0 saturated carbocycles. The van der Waals surface area contributed by atoms with Crippen molar-refractivity contribution in [1.82, 2.24) is 9.78 Å². The summed E-state index contributed by atoms with van der Waals surface area (Å²) in [6.07, 6.45) is 3.09. The van der Waals surface area contributed by atoms with E-state index in [9.17, 15) is 0 Å². The van der Waals surface area contributed by atoms with Gasteiger partial charge in [-0.15, -0.1) is 0 Å². The van der Waals surface area contributed by atoms with Crippen LogP contribution in [0, 0.1) is 5.92 Å². The molecule has 0 unspecified atom stereocenters. The molecule has 22 heavy (non-hydrogen) atoms. The minimum atomic E-state index is 0.540. The molecule has 0 fully saturated rings. The Morgan fingerprint density at radius 1 is 1.00 bits per heavy atom. The average molecular weight is 292 g/mol. The molecule has 0 bridgehead atoms. The van der Waals surface area contributed by atoms with Gasteiger partial charge in [0.2, 0.25) is 0 Å². The van der Waals surface area contributed by atoms with E-state index in [2.05, 4.69) is 69.2 Å². The largest absolute Gasteiger partial charge is 0.233 e. The second-order valence-corrected chi connectivity index (χ2v) is 6.75. The molecule has 3 rings (SSSR count). The summed E-state index contributed by atoms with van der Waals surface area (Å²) >= 11 is 0. The van der Waals surface area contributed by atoms with Crippen LogP contribution in [0.1, 0.15) is 44.7 Å². The van der Waals surface area contributed by atoms with Gasteiger partial charge in [0, 0.05) is 5.39 Å². The van der Waals surface area contributed by atoms with Crippen LogP contribution >= 0.6 is 0 Å². The van der Waals surface area contributed by atoms with E-state index in [-0.39, 0.29) is 0 Å². The number of aromatic nitrogens is 2. The molecule has 1 aromatic heterocycles. The van der Waals surface area contributed by atoms with Gasteiger partial charge in [0.15, 0.2) is 0 Å². The van der Waals surface area contributed by atoms with E-state index < -0.39 is 0 Å². The van der Waals surface area contributed by atoms with Gasteiger partial charge in [-0.1, -0.05) is 45.9 Å². The Hall–Kier alpha value is -2.09. The molecule has 2 heteroatoms. The van der Waals surface area contributed by atoms with Crippen LogP contribution in [-0.2, 0) is 6.42 Å². The van der Waals surface area contributed by atoms with Gasteiger partial charge in [-0.25, -0.2) is 4.68 Å². The first-order chi connectivity index (χ1) is 10.6. The van der Waals surface area contributed by atoms with Gasteiger partial charge in [-0.3, -0.25) is 0 Å². The summed E-state index contributed by atoms with van der Waals surface area (Å²) in [5, 5.41) is 5.83. The second-order valence-electron chi connectivity index (χ2n) is 6.75. The lowest BCUT2D eigenvalue weighted by atomic mass is 9.90. The van der Waals surface area contributed by atoms with E-state index in [1.165, 1.54) is 22.0 Å². The Balaban J connectivity index is 2.18. The van der Waals surface area contributed by atoms with E-state index >= 15 is 0 Å². The Bertz CT molecular complexity index is 767. The van der Waals surface area contributed by atoms with Crippen molar-refractivity contribution in [2.24, 2.45) is 5.92 Å². The highest BCUT2D eigenvalue weighted by Gasteiger charge is 2.13. The fourth-order valence-electron chi connectivity index (χ4n) is 3.06. The van der Waals surface area contributed by atoms with Crippen LogP contribution in [0.5, 0.6) is 0 Å². The van der Waals surface area contributed by atoms with Crippen molar-refractivity contribution in [3.05, 3.63) is 59.8 Å². The van der Waals surface area contributed by atoms with E-state index in [0.29, 0.717) is 11.8 Å². The minimum Gasteiger partial charge on any atom is -0.233 e.